The Balaban J connectivity index is 1.95. The van der Waals surface area contributed by atoms with Gasteiger partial charge in [0, 0.05) is 18.8 Å². The molecule has 0 bridgehead atoms. The molecule has 3 heteroatoms. The molecule has 0 aliphatic carbocycles. The van der Waals surface area contributed by atoms with Gasteiger partial charge in [-0.15, -0.1) is 0 Å². The zero-order valence-corrected chi connectivity index (χ0v) is 11.7. The molecular weight excluding hydrogens is 238 g/mol. The Morgan fingerprint density at radius 1 is 1.26 bits per heavy atom. The van der Waals surface area contributed by atoms with Crippen LogP contribution in [0.4, 0.5) is 5.69 Å². The van der Waals surface area contributed by atoms with E-state index in [0.717, 1.165) is 19.4 Å². The van der Waals surface area contributed by atoms with Gasteiger partial charge in [-0.2, -0.15) is 0 Å². The van der Waals surface area contributed by atoms with Crippen molar-refractivity contribution >= 4 is 11.7 Å². The molecule has 0 fully saturated rings. The van der Waals surface area contributed by atoms with Gasteiger partial charge in [0.25, 0.3) is 0 Å². The summed E-state index contributed by atoms with van der Waals surface area (Å²) in [6, 6.07) is 4.47. The monoisotopic (exact) mass is 259 g/mol. The summed E-state index contributed by atoms with van der Waals surface area (Å²) >= 11 is 0. The molecule has 1 aromatic carbocycles. The Labute approximate surface area is 114 Å². The first-order valence-electron chi connectivity index (χ1n) is 7.10. The number of hydrogen-bond donors (Lipinski definition) is 1. The number of carboxylic acid groups (broad SMARTS) is 1. The number of nitrogens with zero attached hydrogens (tertiary/aromatic N) is 1. The van der Waals surface area contributed by atoms with Gasteiger partial charge in [0.2, 0.25) is 0 Å². The van der Waals surface area contributed by atoms with E-state index in [9.17, 15) is 9.90 Å². The highest BCUT2D eigenvalue weighted by molar-refractivity contribution is 5.74. The van der Waals surface area contributed by atoms with E-state index in [0.29, 0.717) is 6.42 Å². The van der Waals surface area contributed by atoms with E-state index < -0.39 is 11.4 Å². The van der Waals surface area contributed by atoms with Crippen molar-refractivity contribution in [2.75, 3.05) is 18.0 Å². The van der Waals surface area contributed by atoms with E-state index in [1.165, 1.54) is 35.3 Å². The van der Waals surface area contributed by atoms with Crippen LogP contribution < -0.4 is 4.90 Å². The number of hydrogen-bond acceptors (Lipinski definition) is 2. The third-order valence-corrected chi connectivity index (χ3v) is 4.39. The van der Waals surface area contributed by atoms with Crippen molar-refractivity contribution in [1.29, 1.82) is 0 Å². The molecule has 0 aromatic heterocycles. The first kappa shape index (κ1) is 12.5. The minimum atomic E-state index is -0.719. The minimum Gasteiger partial charge on any atom is -0.481 e. The van der Waals surface area contributed by atoms with Gasteiger partial charge < -0.3 is 10.0 Å². The van der Waals surface area contributed by atoms with Crippen LogP contribution in [-0.2, 0) is 24.1 Å². The molecule has 2 aliphatic rings. The normalized spacial score (nSPS) is 17.5. The third kappa shape index (κ3) is 2.11. The molecule has 19 heavy (non-hydrogen) atoms. The maximum atomic E-state index is 11.3. The highest BCUT2D eigenvalue weighted by Gasteiger charge is 2.30. The second-order valence-electron chi connectivity index (χ2n) is 6.47. The van der Waals surface area contributed by atoms with Gasteiger partial charge >= 0.3 is 5.97 Å². The number of anilines is 1. The number of benzene rings is 1. The van der Waals surface area contributed by atoms with Gasteiger partial charge in [-0.05, 0) is 56.2 Å². The number of carboxylic acids is 1. The van der Waals surface area contributed by atoms with Gasteiger partial charge in [-0.3, -0.25) is 4.79 Å². The standard InChI is InChI=1S/C16H21NO2/c1-16(2,15(18)19)10-11-8-12-4-3-6-17-7-5-13(9-11)14(12)17/h8-9H,3-7,10H2,1-2H3,(H,18,19). The van der Waals surface area contributed by atoms with Crippen molar-refractivity contribution in [1.82, 2.24) is 0 Å². The van der Waals surface area contributed by atoms with Crippen molar-refractivity contribution in [3.63, 3.8) is 0 Å². The van der Waals surface area contributed by atoms with E-state index in [1.807, 2.05) is 0 Å². The van der Waals surface area contributed by atoms with Crippen LogP contribution in [0.15, 0.2) is 12.1 Å². The van der Waals surface area contributed by atoms with Gasteiger partial charge in [-0.25, -0.2) is 0 Å². The average Bonchev–Trinajstić information content (AvgIpc) is 2.74. The minimum absolute atomic E-state index is 0.614. The third-order valence-electron chi connectivity index (χ3n) is 4.39. The fourth-order valence-electron chi connectivity index (χ4n) is 3.36. The molecule has 1 aromatic rings. The topological polar surface area (TPSA) is 40.5 Å². The molecule has 2 aliphatic heterocycles. The molecule has 0 radical (unpaired) electrons. The van der Waals surface area contributed by atoms with Crippen molar-refractivity contribution < 1.29 is 9.90 Å². The van der Waals surface area contributed by atoms with Crippen molar-refractivity contribution in [2.45, 2.75) is 39.5 Å². The average molecular weight is 259 g/mol. The predicted molar refractivity (Wildman–Crippen MR) is 75.8 cm³/mol. The molecule has 1 N–H and O–H groups in total. The van der Waals surface area contributed by atoms with Crippen LogP contribution in [0.1, 0.15) is 37.0 Å². The zero-order valence-electron chi connectivity index (χ0n) is 11.7. The molecule has 102 valence electrons. The van der Waals surface area contributed by atoms with Gasteiger partial charge in [0.15, 0.2) is 0 Å². The summed E-state index contributed by atoms with van der Waals surface area (Å²) in [5.74, 6) is -0.719. The number of aryl methyl sites for hydroxylation is 1. The summed E-state index contributed by atoms with van der Waals surface area (Å²) in [4.78, 5) is 13.8. The Morgan fingerprint density at radius 3 is 2.63 bits per heavy atom. The van der Waals surface area contributed by atoms with Crippen LogP contribution in [0, 0.1) is 5.41 Å². The highest BCUT2D eigenvalue weighted by atomic mass is 16.4. The molecule has 0 saturated carbocycles. The smallest absolute Gasteiger partial charge is 0.309 e. The number of carbonyl (C=O) groups is 1. The lowest BCUT2D eigenvalue weighted by Crippen LogP contribution is -2.27. The lowest BCUT2D eigenvalue weighted by Gasteiger charge is -2.28. The Bertz CT molecular complexity index is 534. The summed E-state index contributed by atoms with van der Waals surface area (Å²) < 4.78 is 0. The predicted octanol–water partition coefficient (Wildman–Crippen LogP) is 2.65. The maximum absolute atomic E-state index is 11.3. The molecule has 0 amide bonds. The maximum Gasteiger partial charge on any atom is 0.309 e. The van der Waals surface area contributed by atoms with Crippen molar-refractivity contribution in [2.24, 2.45) is 5.41 Å². The quantitative estimate of drug-likeness (QED) is 0.907. The van der Waals surface area contributed by atoms with E-state index in [-0.39, 0.29) is 0 Å². The molecule has 3 rings (SSSR count). The van der Waals surface area contributed by atoms with Gasteiger partial charge in [0.1, 0.15) is 0 Å². The highest BCUT2D eigenvalue weighted by Crippen LogP contribution is 2.38. The van der Waals surface area contributed by atoms with E-state index in [4.69, 9.17) is 0 Å². The Hall–Kier alpha value is -1.51. The lowest BCUT2D eigenvalue weighted by molar-refractivity contribution is -0.146. The largest absolute Gasteiger partial charge is 0.481 e. The van der Waals surface area contributed by atoms with Gasteiger partial charge in [-0.1, -0.05) is 12.1 Å². The number of aliphatic carboxylic acids is 1. The molecule has 0 unspecified atom stereocenters. The van der Waals surface area contributed by atoms with Crippen molar-refractivity contribution in [3.05, 3.63) is 28.8 Å². The summed E-state index contributed by atoms with van der Waals surface area (Å²) in [6.45, 7) is 5.93. The Morgan fingerprint density at radius 2 is 1.95 bits per heavy atom. The van der Waals surface area contributed by atoms with Crippen molar-refractivity contribution in [3.8, 4) is 0 Å². The summed E-state index contributed by atoms with van der Waals surface area (Å²) in [6.07, 6.45) is 4.09. The Kier molecular flexibility index (Phi) is 2.80. The summed E-state index contributed by atoms with van der Waals surface area (Å²) in [7, 11) is 0. The molecule has 3 nitrogen and oxygen atoms in total. The second-order valence-corrected chi connectivity index (χ2v) is 6.47. The summed E-state index contributed by atoms with van der Waals surface area (Å²) in [5, 5.41) is 9.27. The van der Waals surface area contributed by atoms with E-state index >= 15 is 0 Å². The number of rotatable bonds is 3. The fraction of sp³-hybridized carbons (Fsp3) is 0.562. The lowest BCUT2D eigenvalue weighted by atomic mass is 9.84. The molecule has 0 atom stereocenters. The fourth-order valence-corrected chi connectivity index (χ4v) is 3.36. The van der Waals surface area contributed by atoms with Crippen LogP contribution >= 0.6 is 0 Å². The van der Waals surface area contributed by atoms with Crippen LogP contribution in [0.3, 0.4) is 0 Å². The molecule has 0 spiro atoms. The first-order chi connectivity index (χ1) is 8.97. The second kappa shape index (κ2) is 4.26. The summed E-state index contributed by atoms with van der Waals surface area (Å²) in [5.41, 5.74) is 4.80. The van der Waals surface area contributed by atoms with E-state index in [2.05, 4.69) is 17.0 Å². The molecule has 0 saturated heterocycles. The van der Waals surface area contributed by atoms with E-state index in [1.54, 1.807) is 13.8 Å². The molecule has 2 heterocycles. The molecular formula is C16H21NO2. The van der Waals surface area contributed by atoms with Crippen LogP contribution in [0.5, 0.6) is 0 Å². The van der Waals surface area contributed by atoms with Gasteiger partial charge in [0.05, 0.1) is 5.41 Å². The SMILES string of the molecule is CC(C)(Cc1cc2c3c(c1)CCN3CCC2)C(=O)O. The van der Waals surface area contributed by atoms with Crippen LogP contribution in [0.25, 0.3) is 0 Å². The first-order valence-corrected chi connectivity index (χ1v) is 7.10. The van der Waals surface area contributed by atoms with Crippen LogP contribution in [-0.4, -0.2) is 24.2 Å². The van der Waals surface area contributed by atoms with Crippen LogP contribution in [0.2, 0.25) is 0 Å². The zero-order chi connectivity index (χ0) is 13.6.